The average Bonchev–Trinajstić information content (AvgIpc) is 2.75. The summed E-state index contributed by atoms with van der Waals surface area (Å²) < 4.78 is 53.7. The number of benzene rings is 2. The molecular formula is C23H15Cl2F4NO3. The van der Waals surface area contributed by atoms with Crippen molar-refractivity contribution in [2.24, 2.45) is 0 Å². The second-order valence-corrected chi connectivity index (χ2v) is 7.82. The van der Waals surface area contributed by atoms with Gasteiger partial charge in [0.2, 0.25) is 0 Å². The zero-order valence-electron chi connectivity index (χ0n) is 16.7. The molecule has 0 amide bonds. The van der Waals surface area contributed by atoms with E-state index in [0.717, 1.165) is 11.6 Å². The number of carboxylic acid groups (broad SMARTS) is 1. The van der Waals surface area contributed by atoms with Crippen LogP contribution < -0.4 is 5.56 Å². The summed E-state index contributed by atoms with van der Waals surface area (Å²) in [5.74, 6) is -2.46. The summed E-state index contributed by atoms with van der Waals surface area (Å²) in [6.07, 6.45) is -1.90. The molecule has 3 aromatic rings. The summed E-state index contributed by atoms with van der Waals surface area (Å²) in [5, 5.41) is 8.94. The molecule has 0 aliphatic heterocycles. The Balaban J connectivity index is 1.94. The van der Waals surface area contributed by atoms with Crippen LogP contribution in [0.25, 0.3) is 12.2 Å². The van der Waals surface area contributed by atoms with Gasteiger partial charge < -0.3 is 9.67 Å². The molecule has 33 heavy (non-hydrogen) atoms. The fourth-order valence-corrected chi connectivity index (χ4v) is 3.64. The molecule has 0 saturated heterocycles. The molecule has 4 nitrogen and oxygen atoms in total. The maximum Gasteiger partial charge on any atom is 0.419 e. The first-order valence-electron chi connectivity index (χ1n) is 9.43. The molecule has 1 aromatic heterocycles. The Morgan fingerprint density at radius 2 is 1.67 bits per heavy atom. The van der Waals surface area contributed by atoms with Crippen LogP contribution in [0.15, 0.2) is 53.3 Å². The van der Waals surface area contributed by atoms with Crippen molar-refractivity contribution in [3.05, 3.63) is 103 Å². The summed E-state index contributed by atoms with van der Waals surface area (Å²) in [4.78, 5) is 23.6. The lowest BCUT2D eigenvalue weighted by Crippen LogP contribution is -2.24. The van der Waals surface area contributed by atoms with Gasteiger partial charge in [-0.1, -0.05) is 47.5 Å². The van der Waals surface area contributed by atoms with Gasteiger partial charge in [0, 0.05) is 6.54 Å². The highest BCUT2D eigenvalue weighted by Gasteiger charge is 2.34. The zero-order valence-corrected chi connectivity index (χ0v) is 18.2. The highest BCUT2D eigenvalue weighted by molar-refractivity contribution is 6.35. The molecule has 2 aromatic carbocycles. The number of rotatable bonds is 6. The zero-order chi connectivity index (χ0) is 24.3. The van der Waals surface area contributed by atoms with Crippen molar-refractivity contribution in [3.8, 4) is 0 Å². The molecule has 1 heterocycles. The quantitative estimate of drug-likeness (QED) is 0.398. The third-order valence-electron chi connectivity index (χ3n) is 4.79. The Bertz CT molecular complexity index is 1280. The van der Waals surface area contributed by atoms with Crippen LogP contribution >= 0.6 is 23.2 Å². The number of aromatic carboxylic acids is 1. The molecule has 0 fully saturated rings. The van der Waals surface area contributed by atoms with E-state index in [1.807, 2.05) is 0 Å². The van der Waals surface area contributed by atoms with Gasteiger partial charge in [-0.2, -0.15) is 13.2 Å². The first kappa shape index (κ1) is 24.5. The predicted molar refractivity (Wildman–Crippen MR) is 118 cm³/mol. The maximum atomic E-state index is 13.5. The van der Waals surface area contributed by atoms with E-state index in [1.165, 1.54) is 34.9 Å². The molecule has 0 unspecified atom stereocenters. The fourth-order valence-electron chi connectivity index (χ4n) is 3.10. The van der Waals surface area contributed by atoms with Gasteiger partial charge in [0.1, 0.15) is 10.8 Å². The van der Waals surface area contributed by atoms with E-state index in [0.29, 0.717) is 18.6 Å². The van der Waals surface area contributed by atoms with Gasteiger partial charge in [-0.25, -0.2) is 9.18 Å². The largest absolute Gasteiger partial charge is 0.478 e. The van der Waals surface area contributed by atoms with Crippen LogP contribution in [-0.2, 0) is 19.1 Å². The van der Waals surface area contributed by atoms with E-state index in [9.17, 15) is 27.2 Å². The number of halogens is 6. The molecule has 0 aliphatic rings. The molecule has 1 N–H and O–H groups in total. The normalized spacial score (nSPS) is 11.8. The summed E-state index contributed by atoms with van der Waals surface area (Å²) in [5.41, 5.74) is -0.856. The molecule has 0 saturated carbocycles. The van der Waals surface area contributed by atoms with E-state index in [1.54, 1.807) is 12.1 Å². The second-order valence-electron chi connectivity index (χ2n) is 7.00. The summed E-state index contributed by atoms with van der Waals surface area (Å²) in [6, 6.07) is 9.83. The SMILES string of the molecule is O=C(O)c1ccc(CCn2c(C=Cc3ccc(F)c(C(F)(F)F)c3)c(Cl)cc(Cl)c2=O)cc1. The Kier molecular flexibility index (Phi) is 7.29. The summed E-state index contributed by atoms with van der Waals surface area (Å²) in [7, 11) is 0. The van der Waals surface area contributed by atoms with Crippen molar-refractivity contribution in [1.29, 1.82) is 0 Å². The van der Waals surface area contributed by atoms with Gasteiger partial charge in [0.15, 0.2) is 0 Å². The Hall–Kier alpha value is -3.10. The molecule has 0 atom stereocenters. The van der Waals surface area contributed by atoms with Crippen LogP contribution in [0.2, 0.25) is 10.0 Å². The van der Waals surface area contributed by atoms with Crippen molar-refractivity contribution in [3.63, 3.8) is 0 Å². The van der Waals surface area contributed by atoms with Crippen molar-refractivity contribution < 1.29 is 27.5 Å². The van der Waals surface area contributed by atoms with Gasteiger partial charge in [0.25, 0.3) is 5.56 Å². The lowest BCUT2D eigenvalue weighted by Gasteiger charge is -2.13. The number of hydrogen-bond donors (Lipinski definition) is 1. The third kappa shape index (κ3) is 5.83. The van der Waals surface area contributed by atoms with Crippen LogP contribution in [-0.4, -0.2) is 15.6 Å². The highest BCUT2D eigenvalue weighted by atomic mass is 35.5. The van der Waals surface area contributed by atoms with Crippen LogP contribution in [0.5, 0.6) is 0 Å². The third-order valence-corrected chi connectivity index (χ3v) is 5.37. The van der Waals surface area contributed by atoms with Gasteiger partial charge in [-0.3, -0.25) is 4.79 Å². The van der Waals surface area contributed by atoms with Crippen molar-refractivity contribution in [1.82, 2.24) is 4.57 Å². The van der Waals surface area contributed by atoms with Gasteiger partial charge in [-0.15, -0.1) is 0 Å². The number of aryl methyl sites for hydroxylation is 1. The van der Waals surface area contributed by atoms with Crippen molar-refractivity contribution in [2.75, 3.05) is 0 Å². The number of hydrogen-bond acceptors (Lipinski definition) is 2. The Morgan fingerprint density at radius 1 is 1.00 bits per heavy atom. The molecule has 0 bridgehead atoms. The van der Waals surface area contributed by atoms with E-state index >= 15 is 0 Å². The Morgan fingerprint density at radius 3 is 2.27 bits per heavy atom. The van der Waals surface area contributed by atoms with Gasteiger partial charge in [-0.05, 0) is 54.0 Å². The van der Waals surface area contributed by atoms with E-state index in [4.69, 9.17) is 28.3 Å². The van der Waals surface area contributed by atoms with Gasteiger partial charge >= 0.3 is 12.1 Å². The average molecular weight is 500 g/mol. The van der Waals surface area contributed by atoms with Crippen molar-refractivity contribution >= 4 is 41.3 Å². The number of aromatic nitrogens is 1. The minimum atomic E-state index is -4.86. The lowest BCUT2D eigenvalue weighted by molar-refractivity contribution is -0.140. The predicted octanol–water partition coefficient (Wildman–Crippen LogP) is 6.42. The number of nitrogens with zero attached hydrogens (tertiary/aromatic N) is 1. The van der Waals surface area contributed by atoms with Crippen molar-refractivity contribution in [2.45, 2.75) is 19.1 Å². The fraction of sp³-hybridized carbons (Fsp3) is 0.130. The summed E-state index contributed by atoms with van der Waals surface area (Å²) >= 11 is 12.2. The lowest BCUT2D eigenvalue weighted by atomic mass is 10.1. The monoisotopic (exact) mass is 499 g/mol. The van der Waals surface area contributed by atoms with E-state index in [2.05, 4.69) is 0 Å². The molecule has 3 rings (SSSR count). The Labute approximate surface area is 195 Å². The summed E-state index contributed by atoms with van der Waals surface area (Å²) in [6.45, 7) is 0.114. The maximum absolute atomic E-state index is 13.5. The minimum Gasteiger partial charge on any atom is -0.478 e. The molecule has 10 heteroatoms. The van der Waals surface area contributed by atoms with E-state index < -0.39 is 29.1 Å². The first-order valence-corrected chi connectivity index (χ1v) is 10.2. The molecule has 0 spiro atoms. The van der Waals surface area contributed by atoms with Crippen LogP contribution in [0.3, 0.4) is 0 Å². The minimum absolute atomic E-state index is 0.0537. The number of alkyl halides is 3. The van der Waals surface area contributed by atoms with Gasteiger partial charge in [0.05, 0.1) is 21.8 Å². The van der Waals surface area contributed by atoms with Crippen LogP contribution in [0.4, 0.5) is 17.6 Å². The van der Waals surface area contributed by atoms with Crippen LogP contribution in [0, 0.1) is 5.82 Å². The molecule has 0 radical (unpaired) electrons. The van der Waals surface area contributed by atoms with Crippen LogP contribution in [0.1, 0.15) is 32.7 Å². The number of carbonyl (C=O) groups is 1. The molecular weight excluding hydrogens is 485 g/mol. The standard InChI is InChI=1S/C23H15Cl2F4NO3/c24-17-12-18(25)21(31)30(10-9-13-1-5-15(6-2-13)22(32)33)20(17)8-4-14-3-7-19(26)16(11-14)23(27,28)29/h1-8,11-12H,9-10H2,(H,32,33). The second kappa shape index (κ2) is 9.80. The smallest absolute Gasteiger partial charge is 0.419 e. The number of carboxylic acids is 1. The molecule has 0 aliphatic carbocycles. The highest BCUT2D eigenvalue weighted by Crippen LogP contribution is 2.32. The first-order chi connectivity index (χ1) is 15.5. The number of pyridine rings is 1. The van der Waals surface area contributed by atoms with E-state index in [-0.39, 0.29) is 33.4 Å². The topological polar surface area (TPSA) is 59.3 Å². The molecule has 172 valence electrons.